The van der Waals surface area contributed by atoms with Crippen molar-refractivity contribution in [3.05, 3.63) is 71.1 Å². The van der Waals surface area contributed by atoms with E-state index in [0.29, 0.717) is 36.1 Å². The number of carbonyl (C=O) groups is 2. The van der Waals surface area contributed by atoms with Crippen LogP contribution in [0.2, 0.25) is 5.02 Å². The highest BCUT2D eigenvalue weighted by Crippen LogP contribution is 2.33. The molecule has 0 unspecified atom stereocenters. The topological polar surface area (TPSA) is 67.5 Å². The molecular formula is C23H24ClN3O3. The second kappa shape index (κ2) is 8.03. The van der Waals surface area contributed by atoms with Gasteiger partial charge in [-0.15, -0.1) is 0 Å². The summed E-state index contributed by atoms with van der Waals surface area (Å²) >= 11 is 5.94. The first-order valence-electron chi connectivity index (χ1n) is 10.0. The molecule has 1 aliphatic rings. The van der Waals surface area contributed by atoms with E-state index in [2.05, 4.69) is 5.32 Å². The molecule has 0 fully saturated rings. The van der Waals surface area contributed by atoms with Crippen molar-refractivity contribution in [2.45, 2.75) is 38.9 Å². The van der Waals surface area contributed by atoms with Crippen LogP contribution in [0.1, 0.15) is 36.3 Å². The van der Waals surface area contributed by atoms with Crippen molar-refractivity contribution in [1.82, 2.24) is 14.8 Å². The van der Waals surface area contributed by atoms with Gasteiger partial charge in [0.2, 0.25) is 5.91 Å². The molecule has 6 nitrogen and oxygen atoms in total. The number of carbonyl (C=O) groups excluding carboxylic acids is 2. The zero-order chi connectivity index (χ0) is 21.3. The van der Waals surface area contributed by atoms with Crippen LogP contribution >= 0.6 is 11.6 Å². The Hall–Kier alpha value is -2.99. The van der Waals surface area contributed by atoms with E-state index in [0.717, 1.165) is 17.7 Å². The Morgan fingerprint density at radius 2 is 1.90 bits per heavy atom. The van der Waals surface area contributed by atoms with Crippen LogP contribution in [0.5, 0.6) is 0 Å². The number of fused-ring (bicyclic) bond motifs is 1. The van der Waals surface area contributed by atoms with E-state index in [1.807, 2.05) is 42.7 Å². The molecule has 0 aliphatic carbocycles. The van der Waals surface area contributed by atoms with E-state index in [1.165, 1.54) is 0 Å². The number of benzene rings is 1. The van der Waals surface area contributed by atoms with Crippen molar-refractivity contribution < 1.29 is 14.0 Å². The van der Waals surface area contributed by atoms with E-state index < -0.39 is 5.54 Å². The van der Waals surface area contributed by atoms with Gasteiger partial charge in [-0.3, -0.25) is 9.59 Å². The zero-order valence-corrected chi connectivity index (χ0v) is 17.8. The minimum atomic E-state index is -1.02. The molecule has 156 valence electrons. The van der Waals surface area contributed by atoms with Crippen molar-refractivity contribution in [3.8, 4) is 11.5 Å². The van der Waals surface area contributed by atoms with Gasteiger partial charge in [0.1, 0.15) is 17.0 Å². The molecule has 1 aromatic carbocycles. The summed E-state index contributed by atoms with van der Waals surface area (Å²) in [5, 5.41) is 3.65. The van der Waals surface area contributed by atoms with Crippen LogP contribution in [0.15, 0.2) is 59.2 Å². The van der Waals surface area contributed by atoms with Gasteiger partial charge in [-0.05, 0) is 55.3 Å². The highest BCUT2D eigenvalue weighted by Gasteiger charge is 2.47. The lowest BCUT2D eigenvalue weighted by Gasteiger charge is -2.44. The summed E-state index contributed by atoms with van der Waals surface area (Å²) in [6.07, 6.45) is 2.36. The van der Waals surface area contributed by atoms with Crippen molar-refractivity contribution >= 4 is 23.4 Å². The monoisotopic (exact) mass is 425 g/mol. The first-order chi connectivity index (χ1) is 14.4. The maximum atomic E-state index is 13.4. The Morgan fingerprint density at radius 3 is 2.57 bits per heavy atom. The normalized spacial score (nSPS) is 18.4. The highest BCUT2D eigenvalue weighted by molar-refractivity contribution is 6.30. The van der Waals surface area contributed by atoms with E-state index in [1.54, 1.807) is 35.4 Å². The number of hydrogen-bond donors (Lipinski definition) is 1. The first kappa shape index (κ1) is 20.3. The van der Waals surface area contributed by atoms with Gasteiger partial charge in [0.05, 0.1) is 18.5 Å². The van der Waals surface area contributed by atoms with Crippen LogP contribution < -0.4 is 5.32 Å². The fourth-order valence-corrected chi connectivity index (χ4v) is 4.09. The van der Waals surface area contributed by atoms with Crippen LogP contribution in [0, 0.1) is 0 Å². The van der Waals surface area contributed by atoms with Gasteiger partial charge in [-0.2, -0.15) is 0 Å². The van der Waals surface area contributed by atoms with Gasteiger partial charge in [-0.1, -0.05) is 30.7 Å². The van der Waals surface area contributed by atoms with Crippen molar-refractivity contribution in [3.63, 3.8) is 0 Å². The smallest absolute Gasteiger partial charge is 0.271 e. The molecule has 1 N–H and O–H groups in total. The molecule has 7 heteroatoms. The standard InChI is InChI=1S/C23H24ClN3O3/c1-3-12-27-21(28)19-11-10-18(20-5-4-13-30-20)26(19)15-23(27,2)22(29)25-14-16-6-8-17(24)9-7-16/h4-11,13H,3,12,14-15H2,1-2H3,(H,25,29)/t23-/m1/s1. The summed E-state index contributed by atoms with van der Waals surface area (Å²) in [5.41, 5.74) is 1.28. The molecule has 0 spiro atoms. The Bertz CT molecular complexity index is 1060. The molecule has 1 aliphatic heterocycles. The third kappa shape index (κ3) is 3.52. The molecule has 3 aromatic rings. The van der Waals surface area contributed by atoms with Crippen LogP contribution in [-0.2, 0) is 17.9 Å². The predicted octanol–water partition coefficient (Wildman–Crippen LogP) is 4.34. The Morgan fingerprint density at radius 1 is 1.17 bits per heavy atom. The van der Waals surface area contributed by atoms with Crippen LogP contribution in [0.3, 0.4) is 0 Å². The quantitative estimate of drug-likeness (QED) is 0.638. The van der Waals surface area contributed by atoms with Crippen LogP contribution in [0.25, 0.3) is 11.5 Å². The number of aromatic nitrogens is 1. The Balaban J connectivity index is 1.64. The molecule has 0 bridgehead atoms. The van der Waals surface area contributed by atoms with Gasteiger partial charge in [0, 0.05) is 18.1 Å². The number of nitrogens with zero attached hydrogens (tertiary/aromatic N) is 2. The summed E-state index contributed by atoms with van der Waals surface area (Å²) in [5.74, 6) is 0.330. The fraction of sp³-hybridized carbons (Fsp3) is 0.304. The molecule has 0 saturated carbocycles. The van der Waals surface area contributed by atoms with Crippen molar-refractivity contribution in [1.29, 1.82) is 0 Å². The Labute approximate surface area is 180 Å². The van der Waals surface area contributed by atoms with E-state index in [9.17, 15) is 9.59 Å². The summed E-state index contributed by atoms with van der Waals surface area (Å²) in [4.78, 5) is 28.3. The Kier molecular flexibility index (Phi) is 5.43. The van der Waals surface area contributed by atoms with E-state index in [4.69, 9.17) is 16.0 Å². The predicted molar refractivity (Wildman–Crippen MR) is 115 cm³/mol. The van der Waals surface area contributed by atoms with Gasteiger partial charge in [0.15, 0.2) is 0 Å². The molecule has 2 aromatic heterocycles. The highest BCUT2D eigenvalue weighted by atomic mass is 35.5. The molecule has 30 heavy (non-hydrogen) atoms. The average molecular weight is 426 g/mol. The maximum Gasteiger partial charge on any atom is 0.271 e. The third-order valence-electron chi connectivity index (χ3n) is 5.58. The van der Waals surface area contributed by atoms with Crippen molar-refractivity contribution in [2.75, 3.05) is 6.54 Å². The fourth-order valence-electron chi connectivity index (χ4n) is 3.96. The summed E-state index contributed by atoms with van der Waals surface area (Å²) in [6.45, 7) is 5.05. The number of nitrogens with one attached hydrogen (secondary N) is 1. The molecule has 2 amide bonds. The third-order valence-corrected chi connectivity index (χ3v) is 5.83. The largest absolute Gasteiger partial charge is 0.463 e. The minimum Gasteiger partial charge on any atom is -0.463 e. The average Bonchev–Trinajstić information content (AvgIpc) is 3.40. The van der Waals surface area contributed by atoms with Crippen LogP contribution in [0.4, 0.5) is 0 Å². The van der Waals surface area contributed by atoms with E-state index in [-0.39, 0.29) is 11.8 Å². The lowest BCUT2D eigenvalue weighted by atomic mass is 9.94. The molecule has 3 heterocycles. The summed E-state index contributed by atoms with van der Waals surface area (Å²) < 4.78 is 7.42. The number of rotatable bonds is 6. The molecule has 4 rings (SSSR count). The number of hydrogen-bond acceptors (Lipinski definition) is 3. The van der Waals surface area contributed by atoms with Gasteiger partial charge < -0.3 is 19.2 Å². The molecule has 0 radical (unpaired) electrons. The second-order valence-corrected chi connectivity index (χ2v) is 8.14. The van der Waals surface area contributed by atoms with Gasteiger partial charge in [0.25, 0.3) is 5.91 Å². The van der Waals surface area contributed by atoms with Crippen molar-refractivity contribution in [2.24, 2.45) is 0 Å². The number of halogens is 1. The summed E-state index contributed by atoms with van der Waals surface area (Å²) in [6, 6.07) is 14.7. The molecular weight excluding hydrogens is 402 g/mol. The first-order valence-corrected chi connectivity index (χ1v) is 10.4. The molecule has 1 atom stereocenters. The van der Waals surface area contributed by atoms with Crippen LogP contribution in [-0.4, -0.2) is 33.4 Å². The zero-order valence-electron chi connectivity index (χ0n) is 17.0. The van der Waals surface area contributed by atoms with Gasteiger partial charge in [-0.25, -0.2) is 0 Å². The summed E-state index contributed by atoms with van der Waals surface area (Å²) in [7, 11) is 0. The maximum absolute atomic E-state index is 13.4. The lowest BCUT2D eigenvalue weighted by Crippen LogP contribution is -2.64. The number of amides is 2. The SMILES string of the molecule is CCCN1C(=O)c2ccc(-c3ccco3)n2C[C@]1(C)C(=O)NCc1ccc(Cl)cc1. The lowest BCUT2D eigenvalue weighted by molar-refractivity contribution is -0.133. The number of furan rings is 1. The van der Waals surface area contributed by atoms with Gasteiger partial charge >= 0.3 is 0 Å². The molecule has 0 saturated heterocycles. The van der Waals surface area contributed by atoms with E-state index >= 15 is 0 Å². The minimum absolute atomic E-state index is 0.148. The second-order valence-electron chi connectivity index (χ2n) is 7.71.